The highest BCUT2D eigenvalue weighted by Crippen LogP contribution is 2.34. The van der Waals surface area contributed by atoms with E-state index in [9.17, 15) is 0 Å². The van der Waals surface area contributed by atoms with Gasteiger partial charge < -0.3 is 10.2 Å². The molecule has 2 nitrogen and oxygen atoms in total. The average Bonchev–Trinajstić information content (AvgIpc) is 2.66. The first-order chi connectivity index (χ1) is 9.95. The Balaban J connectivity index is 1.73. The van der Waals surface area contributed by atoms with Gasteiger partial charge in [-0.1, -0.05) is 32.4 Å². The molecule has 0 aliphatic carbocycles. The zero-order chi connectivity index (χ0) is 15.3. The maximum atomic E-state index is 5.90. The van der Waals surface area contributed by atoms with Gasteiger partial charge >= 0.3 is 0 Å². The van der Waals surface area contributed by atoms with Crippen LogP contribution in [0.3, 0.4) is 0 Å². The number of benzene rings is 1. The summed E-state index contributed by atoms with van der Waals surface area (Å²) in [5.41, 5.74) is 1.61. The van der Waals surface area contributed by atoms with E-state index in [0.717, 1.165) is 29.7 Å². The number of anilines is 1. The van der Waals surface area contributed by atoms with Crippen LogP contribution in [0.15, 0.2) is 24.3 Å². The summed E-state index contributed by atoms with van der Waals surface area (Å²) >= 11 is 5.90. The Morgan fingerprint density at radius 1 is 1.14 bits per heavy atom. The van der Waals surface area contributed by atoms with Crippen LogP contribution in [0.1, 0.15) is 40.0 Å². The lowest BCUT2D eigenvalue weighted by Gasteiger charge is -2.29. The zero-order valence-corrected chi connectivity index (χ0v) is 14.4. The van der Waals surface area contributed by atoms with Gasteiger partial charge in [-0.3, -0.25) is 0 Å². The molecule has 0 bridgehead atoms. The van der Waals surface area contributed by atoms with E-state index in [0.29, 0.717) is 5.41 Å². The zero-order valence-electron chi connectivity index (χ0n) is 13.7. The molecule has 1 saturated heterocycles. The van der Waals surface area contributed by atoms with Crippen LogP contribution in [0.4, 0.5) is 5.69 Å². The quantitative estimate of drug-likeness (QED) is 0.851. The Labute approximate surface area is 134 Å². The van der Waals surface area contributed by atoms with Crippen LogP contribution in [0.5, 0.6) is 0 Å². The van der Waals surface area contributed by atoms with Gasteiger partial charge in [0.1, 0.15) is 0 Å². The van der Waals surface area contributed by atoms with E-state index in [2.05, 4.69) is 31.0 Å². The Morgan fingerprint density at radius 2 is 1.86 bits per heavy atom. The molecular weight excluding hydrogens is 280 g/mol. The van der Waals surface area contributed by atoms with Crippen LogP contribution in [-0.4, -0.2) is 31.1 Å². The van der Waals surface area contributed by atoms with Crippen molar-refractivity contribution in [2.75, 3.05) is 31.5 Å². The molecular formula is C18H29ClN2. The molecule has 1 atom stereocenters. The van der Waals surface area contributed by atoms with E-state index in [1.165, 1.54) is 32.4 Å². The number of hydrogen-bond donors (Lipinski definition) is 1. The van der Waals surface area contributed by atoms with Gasteiger partial charge in [0.2, 0.25) is 0 Å². The number of rotatable bonds is 4. The van der Waals surface area contributed by atoms with Gasteiger partial charge in [-0.15, -0.1) is 0 Å². The van der Waals surface area contributed by atoms with Gasteiger partial charge in [0.25, 0.3) is 0 Å². The molecule has 1 fully saturated rings. The molecule has 1 unspecified atom stereocenters. The highest BCUT2D eigenvalue weighted by Gasteiger charge is 2.26. The Morgan fingerprint density at radius 3 is 2.52 bits per heavy atom. The average molecular weight is 309 g/mol. The summed E-state index contributed by atoms with van der Waals surface area (Å²) in [5.74, 6) is 0.867. The van der Waals surface area contributed by atoms with Crippen LogP contribution in [0, 0.1) is 11.3 Å². The topological polar surface area (TPSA) is 15.3 Å². The van der Waals surface area contributed by atoms with Gasteiger partial charge in [-0.05, 0) is 68.0 Å². The Kier molecular flexibility index (Phi) is 5.95. The molecule has 1 aliphatic heterocycles. The van der Waals surface area contributed by atoms with E-state index in [-0.39, 0.29) is 0 Å². The summed E-state index contributed by atoms with van der Waals surface area (Å²) in [6.45, 7) is 11.8. The molecule has 1 aliphatic rings. The van der Waals surface area contributed by atoms with Crippen molar-refractivity contribution in [1.82, 2.24) is 4.90 Å². The lowest BCUT2D eigenvalue weighted by atomic mass is 9.77. The standard InChI is InChI=1S/C18H29ClN2/c1-18(2,3)15-5-4-12-21(13-10-15)14-11-20-17-8-6-16(19)7-9-17/h6-9,15,20H,4-5,10-14H2,1-3H3. The summed E-state index contributed by atoms with van der Waals surface area (Å²) in [6, 6.07) is 7.95. The maximum absolute atomic E-state index is 5.90. The molecule has 1 heterocycles. The minimum absolute atomic E-state index is 0.456. The Hall–Kier alpha value is -0.730. The number of likely N-dealkylation sites (tertiary alicyclic amines) is 1. The summed E-state index contributed by atoms with van der Waals surface area (Å²) in [5, 5.41) is 4.27. The van der Waals surface area contributed by atoms with Crippen molar-refractivity contribution in [1.29, 1.82) is 0 Å². The van der Waals surface area contributed by atoms with E-state index < -0.39 is 0 Å². The molecule has 0 radical (unpaired) electrons. The molecule has 1 aromatic rings. The minimum Gasteiger partial charge on any atom is -0.384 e. The first kappa shape index (κ1) is 16.6. The summed E-state index contributed by atoms with van der Waals surface area (Å²) in [4.78, 5) is 2.61. The Bertz CT molecular complexity index is 422. The molecule has 21 heavy (non-hydrogen) atoms. The highest BCUT2D eigenvalue weighted by molar-refractivity contribution is 6.30. The second kappa shape index (κ2) is 7.51. The summed E-state index contributed by atoms with van der Waals surface area (Å²) in [7, 11) is 0. The van der Waals surface area contributed by atoms with Crippen LogP contribution in [-0.2, 0) is 0 Å². The first-order valence-corrected chi connectivity index (χ1v) is 8.55. The summed E-state index contributed by atoms with van der Waals surface area (Å²) < 4.78 is 0. The molecule has 0 aromatic heterocycles. The van der Waals surface area contributed by atoms with Crippen LogP contribution >= 0.6 is 11.6 Å². The minimum atomic E-state index is 0.456. The third kappa shape index (κ3) is 5.52. The van der Waals surface area contributed by atoms with Crippen molar-refractivity contribution in [3.8, 4) is 0 Å². The molecule has 2 rings (SSSR count). The van der Waals surface area contributed by atoms with E-state index in [1.54, 1.807) is 0 Å². The van der Waals surface area contributed by atoms with Crippen molar-refractivity contribution in [2.45, 2.75) is 40.0 Å². The fraction of sp³-hybridized carbons (Fsp3) is 0.667. The smallest absolute Gasteiger partial charge is 0.0407 e. The van der Waals surface area contributed by atoms with Gasteiger partial charge in [-0.25, -0.2) is 0 Å². The molecule has 0 saturated carbocycles. The van der Waals surface area contributed by atoms with Gasteiger partial charge in [-0.2, -0.15) is 0 Å². The van der Waals surface area contributed by atoms with Crippen molar-refractivity contribution < 1.29 is 0 Å². The highest BCUT2D eigenvalue weighted by atomic mass is 35.5. The lowest BCUT2D eigenvalue weighted by molar-refractivity contribution is 0.209. The molecule has 3 heteroatoms. The second-order valence-electron chi connectivity index (χ2n) is 7.27. The van der Waals surface area contributed by atoms with Crippen molar-refractivity contribution in [3.05, 3.63) is 29.3 Å². The predicted molar refractivity (Wildman–Crippen MR) is 93.2 cm³/mol. The van der Waals surface area contributed by atoms with E-state index >= 15 is 0 Å². The number of hydrogen-bond acceptors (Lipinski definition) is 2. The van der Waals surface area contributed by atoms with E-state index in [1.807, 2.05) is 24.3 Å². The van der Waals surface area contributed by atoms with Crippen LogP contribution in [0.2, 0.25) is 5.02 Å². The molecule has 0 spiro atoms. The fourth-order valence-corrected chi connectivity index (χ4v) is 3.30. The fourth-order valence-electron chi connectivity index (χ4n) is 3.17. The monoisotopic (exact) mass is 308 g/mol. The second-order valence-corrected chi connectivity index (χ2v) is 7.71. The van der Waals surface area contributed by atoms with Gasteiger partial charge in [0.15, 0.2) is 0 Å². The lowest BCUT2D eigenvalue weighted by Crippen LogP contribution is -2.30. The third-order valence-electron chi connectivity index (χ3n) is 4.65. The third-order valence-corrected chi connectivity index (χ3v) is 4.90. The SMILES string of the molecule is CC(C)(C)C1CCCN(CCNc2ccc(Cl)cc2)CC1. The van der Waals surface area contributed by atoms with Crippen molar-refractivity contribution >= 4 is 17.3 Å². The van der Waals surface area contributed by atoms with Crippen LogP contribution < -0.4 is 5.32 Å². The molecule has 118 valence electrons. The predicted octanol–water partition coefficient (Wildman–Crippen LogP) is 4.90. The van der Waals surface area contributed by atoms with Crippen molar-refractivity contribution in [3.63, 3.8) is 0 Å². The molecule has 1 aromatic carbocycles. The number of halogens is 1. The molecule has 1 N–H and O–H groups in total. The van der Waals surface area contributed by atoms with E-state index in [4.69, 9.17) is 11.6 Å². The van der Waals surface area contributed by atoms with Crippen LogP contribution in [0.25, 0.3) is 0 Å². The van der Waals surface area contributed by atoms with Gasteiger partial charge in [0, 0.05) is 23.8 Å². The number of nitrogens with one attached hydrogen (secondary N) is 1. The maximum Gasteiger partial charge on any atom is 0.0407 e. The molecule has 0 amide bonds. The largest absolute Gasteiger partial charge is 0.384 e. The first-order valence-electron chi connectivity index (χ1n) is 8.17. The van der Waals surface area contributed by atoms with Crippen molar-refractivity contribution in [2.24, 2.45) is 11.3 Å². The normalized spacial score (nSPS) is 21.0. The summed E-state index contributed by atoms with van der Waals surface area (Å²) in [6.07, 6.45) is 4.05. The number of nitrogens with zero attached hydrogens (tertiary/aromatic N) is 1. The van der Waals surface area contributed by atoms with Gasteiger partial charge in [0.05, 0.1) is 0 Å².